The molecule has 2 heterocycles. The highest BCUT2D eigenvalue weighted by molar-refractivity contribution is 6.05. The SMILES string of the molecule is Cc1c(NC(=O)c2ccc(N3CCN(Cc4ccccc4)CC3)nc2)cccc1-c1ccc(C(F)(F)F)cc1. The molecule has 200 valence electrons. The van der Waals surface area contributed by atoms with Crippen LogP contribution in [0.25, 0.3) is 11.1 Å². The van der Waals surface area contributed by atoms with Crippen molar-refractivity contribution < 1.29 is 18.0 Å². The van der Waals surface area contributed by atoms with Gasteiger partial charge in [0, 0.05) is 44.6 Å². The number of carbonyl (C=O) groups is 1. The van der Waals surface area contributed by atoms with Crippen LogP contribution in [-0.4, -0.2) is 42.0 Å². The Bertz CT molecular complexity index is 1410. The van der Waals surface area contributed by atoms with E-state index >= 15 is 0 Å². The van der Waals surface area contributed by atoms with Crippen LogP contribution in [0, 0.1) is 6.92 Å². The molecule has 0 radical (unpaired) electrons. The molecule has 8 heteroatoms. The number of hydrogen-bond acceptors (Lipinski definition) is 4. The molecule has 0 unspecified atom stereocenters. The lowest BCUT2D eigenvalue weighted by molar-refractivity contribution is -0.137. The minimum Gasteiger partial charge on any atom is -0.354 e. The maximum Gasteiger partial charge on any atom is 0.416 e. The molecule has 1 fully saturated rings. The zero-order chi connectivity index (χ0) is 27.4. The van der Waals surface area contributed by atoms with E-state index in [9.17, 15) is 18.0 Å². The Balaban J connectivity index is 1.21. The minimum absolute atomic E-state index is 0.297. The van der Waals surface area contributed by atoms with E-state index in [2.05, 4.69) is 44.4 Å². The molecule has 1 aromatic heterocycles. The monoisotopic (exact) mass is 530 g/mol. The Labute approximate surface area is 225 Å². The summed E-state index contributed by atoms with van der Waals surface area (Å²) in [7, 11) is 0. The van der Waals surface area contributed by atoms with Crippen molar-refractivity contribution in [1.82, 2.24) is 9.88 Å². The molecule has 4 aromatic rings. The first-order chi connectivity index (χ1) is 18.8. The summed E-state index contributed by atoms with van der Waals surface area (Å²) in [6.45, 7) is 6.37. The Kier molecular flexibility index (Phi) is 7.65. The van der Waals surface area contributed by atoms with Gasteiger partial charge in [-0.15, -0.1) is 0 Å². The van der Waals surface area contributed by atoms with Crippen molar-refractivity contribution in [3.8, 4) is 11.1 Å². The fraction of sp³-hybridized carbons (Fsp3) is 0.226. The highest BCUT2D eigenvalue weighted by Crippen LogP contribution is 2.33. The summed E-state index contributed by atoms with van der Waals surface area (Å²) in [5.74, 6) is 0.542. The van der Waals surface area contributed by atoms with E-state index in [4.69, 9.17) is 0 Å². The number of pyridine rings is 1. The number of aromatic nitrogens is 1. The molecule has 3 aromatic carbocycles. The molecule has 1 N–H and O–H groups in total. The van der Waals surface area contributed by atoms with Gasteiger partial charge in [-0.1, -0.05) is 54.6 Å². The van der Waals surface area contributed by atoms with E-state index in [0.717, 1.165) is 61.8 Å². The van der Waals surface area contributed by atoms with Crippen LogP contribution >= 0.6 is 0 Å². The summed E-state index contributed by atoms with van der Waals surface area (Å²) in [5, 5.41) is 2.92. The molecule has 1 aliphatic rings. The molecule has 0 aliphatic carbocycles. The zero-order valence-electron chi connectivity index (χ0n) is 21.6. The van der Waals surface area contributed by atoms with Crippen LogP contribution in [-0.2, 0) is 12.7 Å². The smallest absolute Gasteiger partial charge is 0.354 e. The van der Waals surface area contributed by atoms with E-state index in [-0.39, 0.29) is 5.91 Å². The first-order valence-corrected chi connectivity index (χ1v) is 12.8. The van der Waals surface area contributed by atoms with Crippen molar-refractivity contribution in [3.63, 3.8) is 0 Å². The Morgan fingerprint density at radius 1 is 0.872 bits per heavy atom. The van der Waals surface area contributed by atoms with Crippen molar-refractivity contribution in [1.29, 1.82) is 0 Å². The second-order valence-corrected chi connectivity index (χ2v) is 9.66. The van der Waals surface area contributed by atoms with Gasteiger partial charge in [-0.25, -0.2) is 4.98 Å². The second kappa shape index (κ2) is 11.3. The quantitative estimate of drug-likeness (QED) is 0.303. The third kappa shape index (κ3) is 6.29. The number of amides is 1. The lowest BCUT2D eigenvalue weighted by atomic mass is 9.98. The summed E-state index contributed by atoms with van der Waals surface area (Å²) < 4.78 is 38.8. The highest BCUT2D eigenvalue weighted by atomic mass is 19.4. The molecule has 1 saturated heterocycles. The van der Waals surface area contributed by atoms with Gasteiger partial charge in [0.15, 0.2) is 0 Å². The molecular weight excluding hydrogens is 501 g/mol. The number of nitrogens with zero attached hydrogens (tertiary/aromatic N) is 3. The normalized spacial score (nSPS) is 14.3. The first kappa shape index (κ1) is 26.4. The van der Waals surface area contributed by atoms with Gasteiger partial charge in [0.25, 0.3) is 5.91 Å². The molecule has 1 amide bonds. The van der Waals surface area contributed by atoms with Crippen LogP contribution in [0.15, 0.2) is 91.1 Å². The number of alkyl halides is 3. The maximum atomic E-state index is 13.0. The van der Waals surface area contributed by atoms with Gasteiger partial charge in [0.2, 0.25) is 0 Å². The first-order valence-electron chi connectivity index (χ1n) is 12.8. The molecule has 39 heavy (non-hydrogen) atoms. The van der Waals surface area contributed by atoms with Crippen LogP contribution in [0.2, 0.25) is 0 Å². The highest BCUT2D eigenvalue weighted by Gasteiger charge is 2.30. The number of anilines is 2. The zero-order valence-corrected chi connectivity index (χ0v) is 21.6. The van der Waals surface area contributed by atoms with E-state index < -0.39 is 11.7 Å². The van der Waals surface area contributed by atoms with E-state index in [1.54, 1.807) is 24.4 Å². The standard InChI is InChI=1S/C31H29F3N4O/c1-22-27(24-10-13-26(14-11-24)31(32,33)34)8-5-9-28(22)36-30(39)25-12-15-29(35-20-25)38-18-16-37(17-19-38)21-23-6-3-2-4-7-23/h2-15,20H,16-19,21H2,1H3,(H,36,39). The number of carbonyl (C=O) groups excluding carboxylic acids is 1. The summed E-state index contributed by atoms with van der Waals surface area (Å²) >= 11 is 0. The van der Waals surface area contributed by atoms with Crippen LogP contribution in [0.3, 0.4) is 0 Å². The number of piperazine rings is 1. The van der Waals surface area contributed by atoms with Gasteiger partial charge in [0.05, 0.1) is 11.1 Å². The number of benzene rings is 3. The molecule has 1 aliphatic heterocycles. The average molecular weight is 531 g/mol. The van der Waals surface area contributed by atoms with Crippen molar-refractivity contribution in [2.75, 3.05) is 36.4 Å². The number of nitrogens with one attached hydrogen (secondary N) is 1. The number of rotatable bonds is 6. The van der Waals surface area contributed by atoms with Gasteiger partial charge in [-0.05, 0) is 59.5 Å². The molecule has 0 spiro atoms. The Morgan fingerprint density at radius 3 is 2.23 bits per heavy atom. The van der Waals surface area contributed by atoms with Crippen molar-refractivity contribution in [3.05, 3.63) is 113 Å². The number of hydrogen-bond donors (Lipinski definition) is 1. The van der Waals surface area contributed by atoms with Crippen LogP contribution in [0.4, 0.5) is 24.7 Å². The summed E-state index contributed by atoms with van der Waals surface area (Å²) in [4.78, 5) is 22.2. The van der Waals surface area contributed by atoms with Gasteiger partial charge in [0.1, 0.15) is 5.82 Å². The minimum atomic E-state index is -4.39. The molecule has 5 nitrogen and oxygen atoms in total. The third-order valence-corrected chi connectivity index (χ3v) is 7.06. The van der Waals surface area contributed by atoms with E-state index in [0.29, 0.717) is 16.8 Å². The van der Waals surface area contributed by atoms with E-state index in [1.807, 2.05) is 25.1 Å². The van der Waals surface area contributed by atoms with Crippen molar-refractivity contribution >= 4 is 17.4 Å². The van der Waals surface area contributed by atoms with Gasteiger partial charge in [-0.2, -0.15) is 13.2 Å². The number of halogens is 3. The van der Waals surface area contributed by atoms with Crippen molar-refractivity contribution in [2.24, 2.45) is 0 Å². The maximum absolute atomic E-state index is 13.0. The van der Waals surface area contributed by atoms with Crippen molar-refractivity contribution in [2.45, 2.75) is 19.6 Å². The molecular formula is C31H29F3N4O. The summed E-state index contributed by atoms with van der Waals surface area (Å²) in [6.07, 6.45) is -2.81. The Morgan fingerprint density at radius 2 is 1.59 bits per heavy atom. The van der Waals surface area contributed by atoms with Crippen LogP contribution < -0.4 is 10.2 Å². The van der Waals surface area contributed by atoms with Crippen LogP contribution in [0.1, 0.15) is 27.0 Å². The Hall–Kier alpha value is -4.17. The summed E-state index contributed by atoms with van der Waals surface area (Å²) in [5.41, 5.74) is 3.80. The third-order valence-electron chi connectivity index (χ3n) is 7.06. The molecule has 0 saturated carbocycles. The van der Waals surface area contributed by atoms with E-state index in [1.165, 1.54) is 17.7 Å². The lowest BCUT2D eigenvalue weighted by Crippen LogP contribution is -2.46. The van der Waals surface area contributed by atoms with Gasteiger partial charge < -0.3 is 10.2 Å². The van der Waals surface area contributed by atoms with Gasteiger partial charge in [-0.3, -0.25) is 9.69 Å². The fourth-order valence-corrected chi connectivity index (χ4v) is 4.80. The molecule has 0 bridgehead atoms. The van der Waals surface area contributed by atoms with Crippen LogP contribution in [0.5, 0.6) is 0 Å². The summed E-state index contributed by atoms with van der Waals surface area (Å²) in [6, 6.07) is 24.5. The topological polar surface area (TPSA) is 48.5 Å². The average Bonchev–Trinajstić information content (AvgIpc) is 2.95. The fourth-order valence-electron chi connectivity index (χ4n) is 4.80. The van der Waals surface area contributed by atoms with Gasteiger partial charge >= 0.3 is 6.18 Å². The molecule has 5 rings (SSSR count). The lowest BCUT2D eigenvalue weighted by Gasteiger charge is -2.35. The predicted molar refractivity (Wildman–Crippen MR) is 148 cm³/mol. The second-order valence-electron chi connectivity index (χ2n) is 9.66. The molecule has 0 atom stereocenters. The largest absolute Gasteiger partial charge is 0.416 e. The predicted octanol–water partition coefficient (Wildman–Crippen LogP) is 6.65.